The zero-order valence-corrected chi connectivity index (χ0v) is 12.1. The highest BCUT2D eigenvalue weighted by atomic mass is 16.5. The van der Waals surface area contributed by atoms with E-state index in [1.165, 1.54) is 6.92 Å². The molecule has 0 spiro atoms. The summed E-state index contributed by atoms with van der Waals surface area (Å²) in [6.07, 6.45) is 0. The number of aryl methyl sites for hydroxylation is 1. The molecule has 0 atom stereocenters. The first-order valence-electron chi connectivity index (χ1n) is 6.40. The number of amides is 2. The van der Waals surface area contributed by atoms with Crippen LogP contribution in [0.15, 0.2) is 18.2 Å². The van der Waals surface area contributed by atoms with Gasteiger partial charge < -0.3 is 20.7 Å². The highest BCUT2D eigenvalue weighted by molar-refractivity contribution is 5.95. The van der Waals surface area contributed by atoms with Crippen LogP contribution >= 0.6 is 0 Å². The number of hydrogen-bond donors (Lipinski definition) is 3. The van der Waals surface area contributed by atoms with Gasteiger partial charge >= 0.3 is 0 Å². The van der Waals surface area contributed by atoms with E-state index in [0.29, 0.717) is 24.5 Å². The Morgan fingerprint density at radius 1 is 1.25 bits per heavy atom. The van der Waals surface area contributed by atoms with E-state index in [0.717, 1.165) is 5.56 Å². The maximum Gasteiger partial charge on any atom is 0.238 e. The largest absolute Gasteiger partial charge is 0.383 e. The van der Waals surface area contributed by atoms with Gasteiger partial charge in [-0.05, 0) is 24.6 Å². The molecule has 0 radical (unpaired) electrons. The lowest BCUT2D eigenvalue weighted by molar-refractivity contribution is -0.115. The van der Waals surface area contributed by atoms with E-state index in [1.807, 2.05) is 13.0 Å². The molecule has 0 fully saturated rings. The molecule has 3 N–H and O–H groups in total. The van der Waals surface area contributed by atoms with E-state index in [1.54, 1.807) is 19.2 Å². The topological polar surface area (TPSA) is 79.5 Å². The molecule has 6 heteroatoms. The molecule has 110 valence electrons. The van der Waals surface area contributed by atoms with Gasteiger partial charge in [0.1, 0.15) is 0 Å². The minimum absolute atomic E-state index is 0.135. The number of methoxy groups -OCH3 is 1. The highest BCUT2D eigenvalue weighted by Crippen LogP contribution is 2.20. The minimum Gasteiger partial charge on any atom is -0.383 e. The molecule has 2 amide bonds. The Bertz CT molecular complexity index is 475. The molecule has 0 aliphatic carbocycles. The molecule has 0 aliphatic heterocycles. The van der Waals surface area contributed by atoms with Gasteiger partial charge in [0.25, 0.3) is 0 Å². The van der Waals surface area contributed by atoms with Crippen LogP contribution in [-0.2, 0) is 14.3 Å². The van der Waals surface area contributed by atoms with Gasteiger partial charge in [0.05, 0.1) is 13.2 Å². The standard InChI is InChI=1S/C14H21N3O3/c1-10-4-5-12(16-11(2)18)8-13(10)17-14(19)9-15-6-7-20-3/h4-5,8,15H,6-7,9H2,1-3H3,(H,16,18)(H,17,19). The van der Waals surface area contributed by atoms with E-state index >= 15 is 0 Å². The molecule has 1 aromatic rings. The first kappa shape index (κ1) is 16.1. The number of ether oxygens (including phenoxy) is 1. The molecule has 0 saturated carbocycles. The molecular formula is C14H21N3O3. The van der Waals surface area contributed by atoms with E-state index < -0.39 is 0 Å². The summed E-state index contributed by atoms with van der Waals surface area (Å²) in [4.78, 5) is 22.8. The van der Waals surface area contributed by atoms with Crippen LogP contribution in [0, 0.1) is 6.92 Å². The number of hydrogen-bond acceptors (Lipinski definition) is 4. The zero-order chi connectivity index (χ0) is 15.0. The van der Waals surface area contributed by atoms with Gasteiger partial charge in [0.2, 0.25) is 11.8 Å². The van der Waals surface area contributed by atoms with Gasteiger partial charge in [-0.15, -0.1) is 0 Å². The number of benzene rings is 1. The summed E-state index contributed by atoms with van der Waals surface area (Å²) < 4.78 is 4.88. The summed E-state index contributed by atoms with van der Waals surface area (Å²) in [5.41, 5.74) is 2.28. The van der Waals surface area contributed by atoms with Crippen molar-refractivity contribution >= 4 is 23.2 Å². The van der Waals surface area contributed by atoms with Gasteiger partial charge in [0, 0.05) is 32.0 Å². The van der Waals surface area contributed by atoms with E-state index in [4.69, 9.17) is 4.74 Å². The van der Waals surface area contributed by atoms with Crippen LogP contribution in [0.1, 0.15) is 12.5 Å². The highest BCUT2D eigenvalue weighted by Gasteiger charge is 2.06. The summed E-state index contributed by atoms with van der Waals surface area (Å²) in [6, 6.07) is 5.38. The summed E-state index contributed by atoms with van der Waals surface area (Å²) in [6.45, 7) is 4.73. The predicted molar refractivity (Wildman–Crippen MR) is 78.9 cm³/mol. The van der Waals surface area contributed by atoms with Crippen molar-refractivity contribution in [3.63, 3.8) is 0 Å². The second kappa shape index (κ2) is 8.29. The first-order chi connectivity index (χ1) is 9.52. The molecule has 20 heavy (non-hydrogen) atoms. The van der Waals surface area contributed by atoms with Crippen molar-refractivity contribution < 1.29 is 14.3 Å². The maximum absolute atomic E-state index is 11.8. The Hall–Kier alpha value is -1.92. The van der Waals surface area contributed by atoms with Gasteiger partial charge in [-0.25, -0.2) is 0 Å². The minimum atomic E-state index is -0.146. The molecule has 0 aromatic heterocycles. The van der Waals surface area contributed by atoms with Crippen LogP contribution in [-0.4, -0.2) is 38.6 Å². The fourth-order valence-electron chi connectivity index (χ4n) is 1.61. The smallest absolute Gasteiger partial charge is 0.238 e. The van der Waals surface area contributed by atoms with Crippen molar-refractivity contribution in [3.05, 3.63) is 23.8 Å². The molecule has 1 rings (SSSR count). The van der Waals surface area contributed by atoms with Crippen LogP contribution in [0.3, 0.4) is 0 Å². The molecule has 1 aromatic carbocycles. The molecule has 0 saturated heterocycles. The lowest BCUT2D eigenvalue weighted by Crippen LogP contribution is -2.30. The summed E-state index contributed by atoms with van der Waals surface area (Å²) in [5.74, 6) is -0.281. The van der Waals surface area contributed by atoms with Gasteiger partial charge in [-0.3, -0.25) is 9.59 Å². The molecule has 0 unspecified atom stereocenters. The van der Waals surface area contributed by atoms with Crippen molar-refractivity contribution in [2.24, 2.45) is 0 Å². The molecule has 0 aliphatic rings. The normalized spacial score (nSPS) is 10.2. The van der Waals surface area contributed by atoms with Crippen molar-refractivity contribution in [1.29, 1.82) is 0 Å². The average Bonchev–Trinajstić information content (AvgIpc) is 2.38. The lowest BCUT2D eigenvalue weighted by atomic mass is 10.1. The van der Waals surface area contributed by atoms with Crippen molar-refractivity contribution in [2.45, 2.75) is 13.8 Å². The van der Waals surface area contributed by atoms with Gasteiger partial charge in [0.15, 0.2) is 0 Å². The first-order valence-corrected chi connectivity index (χ1v) is 6.40. The molecule has 0 bridgehead atoms. The van der Waals surface area contributed by atoms with Crippen molar-refractivity contribution in [1.82, 2.24) is 5.32 Å². The van der Waals surface area contributed by atoms with Crippen LogP contribution in [0.2, 0.25) is 0 Å². The third kappa shape index (κ3) is 5.81. The molecule has 0 heterocycles. The fraction of sp³-hybridized carbons (Fsp3) is 0.429. The Morgan fingerprint density at radius 2 is 2.00 bits per heavy atom. The maximum atomic E-state index is 11.8. The lowest BCUT2D eigenvalue weighted by Gasteiger charge is -2.11. The number of anilines is 2. The Morgan fingerprint density at radius 3 is 2.65 bits per heavy atom. The van der Waals surface area contributed by atoms with E-state index in [-0.39, 0.29) is 18.4 Å². The number of nitrogens with one attached hydrogen (secondary N) is 3. The SMILES string of the molecule is COCCNCC(=O)Nc1cc(NC(C)=O)ccc1C. The van der Waals surface area contributed by atoms with Crippen LogP contribution in [0.25, 0.3) is 0 Å². The van der Waals surface area contributed by atoms with E-state index in [9.17, 15) is 9.59 Å². The van der Waals surface area contributed by atoms with Crippen LogP contribution in [0.5, 0.6) is 0 Å². The summed E-state index contributed by atoms with van der Waals surface area (Å²) in [5, 5.41) is 8.46. The van der Waals surface area contributed by atoms with Gasteiger partial charge in [-0.2, -0.15) is 0 Å². The van der Waals surface area contributed by atoms with Crippen molar-refractivity contribution in [3.8, 4) is 0 Å². The van der Waals surface area contributed by atoms with E-state index in [2.05, 4.69) is 16.0 Å². The quantitative estimate of drug-likeness (QED) is 0.654. The molecule has 6 nitrogen and oxygen atoms in total. The molecular weight excluding hydrogens is 258 g/mol. The number of rotatable bonds is 7. The summed E-state index contributed by atoms with van der Waals surface area (Å²) >= 11 is 0. The number of carbonyl (C=O) groups excluding carboxylic acids is 2. The third-order valence-electron chi connectivity index (χ3n) is 2.60. The van der Waals surface area contributed by atoms with Crippen molar-refractivity contribution in [2.75, 3.05) is 37.4 Å². The second-order valence-electron chi connectivity index (χ2n) is 4.43. The average molecular weight is 279 g/mol. The third-order valence-corrected chi connectivity index (χ3v) is 2.60. The Labute approximate surface area is 118 Å². The zero-order valence-electron chi connectivity index (χ0n) is 12.1. The fourth-order valence-corrected chi connectivity index (χ4v) is 1.61. The van der Waals surface area contributed by atoms with Crippen LogP contribution in [0.4, 0.5) is 11.4 Å². The summed E-state index contributed by atoms with van der Waals surface area (Å²) in [7, 11) is 1.61. The number of carbonyl (C=O) groups is 2. The second-order valence-corrected chi connectivity index (χ2v) is 4.43. The Balaban J connectivity index is 2.57. The Kier molecular flexibility index (Phi) is 6.69. The van der Waals surface area contributed by atoms with Gasteiger partial charge in [-0.1, -0.05) is 6.07 Å². The van der Waals surface area contributed by atoms with Crippen LogP contribution < -0.4 is 16.0 Å². The monoisotopic (exact) mass is 279 g/mol. The predicted octanol–water partition coefficient (Wildman–Crippen LogP) is 1.13.